The van der Waals surface area contributed by atoms with E-state index in [-0.39, 0.29) is 11.8 Å². The first kappa shape index (κ1) is 16.0. The first-order valence-corrected chi connectivity index (χ1v) is 9.21. The molecule has 7 nitrogen and oxygen atoms in total. The number of imidazole rings is 1. The van der Waals surface area contributed by atoms with Gasteiger partial charge in [-0.2, -0.15) is 0 Å². The summed E-state index contributed by atoms with van der Waals surface area (Å²) in [7, 11) is 2.03. The van der Waals surface area contributed by atoms with E-state index in [0.29, 0.717) is 11.7 Å². The minimum atomic E-state index is -0.0715. The van der Waals surface area contributed by atoms with Crippen molar-refractivity contribution in [1.29, 1.82) is 0 Å². The number of nitrogens with zero attached hydrogens (tertiary/aromatic N) is 5. The van der Waals surface area contributed by atoms with Crippen molar-refractivity contribution >= 4 is 39.4 Å². The van der Waals surface area contributed by atoms with Crippen LogP contribution in [0.25, 0.3) is 11.0 Å². The number of para-hydroxylation sites is 2. The van der Waals surface area contributed by atoms with E-state index in [4.69, 9.17) is 4.98 Å². The molecule has 0 saturated carbocycles. The number of fused-ring (bicyclic) bond motifs is 1. The highest BCUT2D eigenvalue weighted by molar-refractivity contribution is 7.15. The van der Waals surface area contributed by atoms with Crippen LogP contribution in [-0.2, 0) is 11.8 Å². The predicted octanol–water partition coefficient (Wildman–Crippen LogP) is 2.59. The van der Waals surface area contributed by atoms with Crippen LogP contribution in [0.3, 0.4) is 0 Å². The Balaban J connectivity index is 1.52. The number of aryl methyl sites for hydroxylation is 2. The van der Waals surface area contributed by atoms with E-state index in [1.165, 1.54) is 11.3 Å². The fourth-order valence-electron chi connectivity index (χ4n) is 3.34. The third-order valence-corrected chi connectivity index (χ3v) is 5.35. The second-order valence-corrected chi connectivity index (χ2v) is 7.54. The van der Waals surface area contributed by atoms with Gasteiger partial charge < -0.3 is 14.8 Å². The normalized spacial score (nSPS) is 17.8. The lowest BCUT2D eigenvalue weighted by molar-refractivity contribution is -0.120. The Kier molecular flexibility index (Phi) is 4.12. The molecular formula is C17H20N6OS. The molecule has 1 aliphatic rings. The lowest BCUT2D eigenvalue weighted by Gasteiger charge is -2.32. The van der Waals surface area contributed by atoms with Crippen LogP contribution >= 0.6 is 11.3 Å². The standard InChI is InChI=1S/C17H20N6OS/c1-11-20-21-16(25-11)19-15(24)12-6-5-9-23(10-12)17-18-13-7-3-4-8-14(13)22(17)2/h3-4,7-8,12H,5-6,9-10H2,1-2H3,(H,19,21,24). The average molecular weight is 356 g/mol. The molecule has 1 atom stereocenters. The fraction of sp³-hybridized carbons (Fsp3) is 0.412. The van der Waals surface area contributed by atoms with Gasteiger partial charge in [-0.05, 0) is 31.9 Å². The van der Waals surface area contributed by atoms with Gasteiger partial charge in [0, 0.05) is 20.1 Å². The average Bonchev–Trinajstić information content (AvgIpc) is 3.19. The highest BCUT2D eigenvalue weighted by Gasteiger charge is 2.28. The van der Waals surface area contributed by atoms with Gasteiger partial charge in [0.15, 0.2) is 0 Å². The second kappa shape index (κ2) is 6.44. The van der Waals surface area contributed by atoms with Gasteiger partial charge in [0.25, 0.3) is 0 Å². The molecule has 4 rings (SSSR count). The molecule has 0 radical (unpaired) electrons. The van der Waals surface area contributed by atoms with E-state index in [1.54, 1.807) is 0 Å². The zero-order valence-electron chi connectivity index (χ0n) is 14.3. The Bertz CT molecular complexity index is 917. The molecule has 1 aliphatic heterocycles. The minimum Gasteiger partial charge on any atom is -0.341 e. The van der Waals surface area contributed by atoms with Crippen LogP contribution in [0.1, 0.15) is 17.8 Å². The Morgan fingerprint density at radius 2 is 2.16 bits per heavy atom. The molecule has 3 heterocycles. The highest BCUT2D eigenvalue weighted by Crippen LogP contribution is 2.26. The van der Waals surface area contributed by atoms with Crippen molar-refractivity contribution in [3.05, 3.63) is 29.3 Å². The zero-order chi connectivity index (χ0) is 17.4. The predicted molar refractivity (Wildman–Crippen MR) is 98.9 cm³/mol. The maximum Gasteiger partial charge on any atom is 0.231 e. The van der Waals surface area contributed by atoms with Crippen LogP contribution in [0.4, 0.5) is 11.1 Å². The molecule has 8 heteroatoms. The second-order valence-electron chi connectivity index (χ2n) is 6.36. The van der Waals surface area contributed by atoms with E-state index in [0.717, 1.165) is 41.4 Å². The van der Waals surface area contributed by atoms with Gasteiger partial charge in [-0.15, -0.1) is 10.2 Å². The molecule has 0 bridgehead atoms. The lowest BCUT2D eigenvalue weighted by atomic mass is 9.97. The van der Waals surface area contributed by atoms with Crippen LogP contribution < -0.4 is 10.2 Å². The first-order valence-electron chi connectivity index (χ1n) is 8.39. The van der Waals surface area contributed by atoms with Gasteiger partial charge >= 0.3 is 0 Å². The molecule has 0 aliphatic carbocycles. The topological polar surface area (TPSA) is 75.9 Å². The number of anilines is 2. The number of rotatable bonds is 3. The molecule has 1 unspecified atom stereocenters. The molecule has 0 spiro atoms. The molecule has 1 saturated heterocycles. The van der Waals surface area contributed by atoms with Crippen LogP contribution in [-0.4, -0.2) is 38.7 Å². The van der Waals surface area contributed by atoms with Crippen molar-refractivity contribution in [2.45, 2.75) is 19.8 Å². The molecule has 1 amide bonds. The van der Waals surface area contributed by atoms with Crippen molar-refractivity contribution in [3.63, 3.8) is 0 Å². The number of carbonyl (C=O) groups excluding carboxylic acids is 1. The summed E-state index contributed by atoms with van der Waals surface area (Å²) in [5.74, 6) is 0.864. The van der Waals surface area contributed by atoms with Crippen LogP contribution in [0, 0.1) is 12.8 Å². The summed E-state index contributed by atoms with van der Waals surface area (Å²) in [6.45, 7) is 3.46. The number of benzene rings is 1. The summed E-state index contributed by atoms with van der Waals surface area (Å²) < 4.78 is 2.10. The minimum absolute atomic E-state index is 0.0135. The van der Waals surface area contributed by atoms with Crippen LogP contribution in [0.15, 0.2) is 24.3 Å². The van der Waals surface area contributed by atoms with E-state index in [9.17, 15) is 4.79 Å². The first-order chi connectivity index (χ1) is 12.1. The van der Waals surface area contributed by atoms with Gasteiger partial charge in [-0.1, -0.05) is 23.5 Å². The van der Waals surface area contributed by atoms with E-state index in [2.05, 4.69) is 31.0 Å². The van der Waals surface area contributed by atoms with Crippen molar-refractivity contribution in [2.24, 2.45) is 13.0 Å². The SMILES string of the molecule is Cc1nnc(NC(=O)C2CCCN(c3nc4ccccc4n3C)C2)s1. The molecule has 1 fully saturated rings. The summed E-state index contributed by atoms with van der Waals surface area (Å²) in [6, 6.07) is 8.10. The summed E-state index contributed by atoms with van der Waals surface area (Å²) >= 11 is 1.40. The molecule has 1 N–H and O–H groups in total. The van der Waals surface area contributed by atoms with Gasteiger partial charge in [-0.25, -0.2) is 4.98 Å². The molecular weight excluding hydrogens is 336 g/mol. The third-order valence-electron chi connectivity index (χ3n) is 4.59. The van der Waals surface area contributed by atoms with Crippen molar-refractivity contribution in [3.8, 4) is 0 Å². The number of carbonyl (C=O) groups is 1. The Morgan fingerprint density at radius 3 is 2.92 bits per heavy atom. The van der Waals surface area contributed by atoms with Gasteiger partial charge in [0.1, 0.15) is 5.01 Å². The quantitative estimate of drug-likeness (QED) is 0.781. The number of aromatic nitrogens is 4. The monoisotopic (exact) mass is 356 g/mol. The maximum absolute atomic E-state index is 12.6. The Labute approximate surface area is 149 Å². The van der Waals surface area contributed by atoms with Gasteiger partial charge in [0.2, 0.25) is 17.0 Å². The van der Waals surface area contributed by atoms with Crippen molar-refractivity contribution < 1.29 is 4.79 Å². The maximum atomic E-state index is 12.6. The smallest absolute Gasteiger partial charge is 0.231 e. The van der Waals surface area contributed by atoms with E-state index in [1.807, 2.05) is 32.2 Å². The van der Waals surface area contributed by atoms with Crippen LogP contribution in [0.2, 0.25) is 0 Å². The largest absolute Gasteiger partial charge is 0.341 e. The summed E-state index contributed by atoms with van der Waals surface area (Å²) in [4.78, 5) is 19.5. The summed E-state index contributed by atoms with van der Waals surface area (Å²) in [5, 5.41) is 12.2. The zero-order valence-corrected chi connectivity index (χ0v) is 15.1. The molecule has 130 valence electrons. The summed E-state index contributed by atoms with van der Waals surface area (Å²) in [5.41, 5.74) is 2.09. The van der Waals surface area contributed by atoms with E-state index >= 15 is 0 Å². The fourth-order valence-corrected chi connectivity index (χ4v) is 3.94. The Morgan fingerprint density at radius 1 is 1.32 bits per heavy atom. The number of amides is 1. The van der Waals surface area contributed by atoms with E-state index < -0.39 is 0 Å². The lowest BCUT2D eigenvalue weighted by Crippen LogP contribution is -2.41. The molecule has 2 aromatic heterocycles. The third kappa shape index (κ3) is 3.09. The number of hydrogen-bond donors (Lipinski definition) is 1. The van der Waals surface area contributed by atoms with Gasteiger partial charge in [0.05, 0.1) is 17.0 Å². The Hall–Kier alpha value is -2.48. The molecule has 1 aromatic carbocycles. The number of piperidine rings is 1. The summed E-state index contributed by atoms with van der Waals surface area (Å²) in [6.07, 6.45) is 1.85. The molecule has 3 aromatic rings. The van der Waals surface area contributed by atoms with Crippen LogP contribution in [0.5, 0.6) is 0 Å². The highest BCUT2D eigenvalue weighted by atomic mass is 32.1. The molecule has 25 heavy (non-hydrogen) atoms. The number of nitrogens with one attached hydrogen (secondary N) is 1. The van der Waals surface area contributed by atoms with Crippen molar-refractivity contribution in [1.82, 2.24) is 19.7 Å². The van der Waals surface area contributed by atoms with Crippen molar-refractivity contribution in [2.75, 3.05) is 23.3 Å². The van der Waals surface area contributed by atoms with Gasteiger partial charge in [-0.3, -0.25) is 4.79 Å². The number of hydrogen-bond acceptors (Lipinski definition) is 6.